The molecular formula is C20H41N4O8PS. The lowest BCUT2D eigenvalue weighted by molar-refractivity contribution is -0.141. The Bertz CT molecular complexity index is 673. The molecular weight excluding hydrogens is 487 g/mol. The molecule has 0 aliphatic heterocycles. The first-order chi connectivity index (χ1) is 15.5. The molecule has 0 radical (unpaired) electrons. The van der Waals surface area contributed by atoms with Gasteiger partial charge < -0.3 is 31.5 Å². The zero-order valence-corrected chi connectivity index (χ0v) is 21.1. The van der Waals surface area contributed by atoms with Gasteiger partial charge in [0.1, 0.15) is 18.6 Å². The van der Waals surface area contributed by atoms with Crippen LogP contribution in [0.15, 0.2) is 0 Å². The molecule has 4 amide bonds. The Hall–Kier alpha value is -2.40. The molecule has 0 bridgehead atoms. The van der Waals surface area contributed by atoms with Crippen LogP contribution in [0.2, 0.25) is 0 Å². The monoisotopic (exact) mass is 530 g/mol. The highest BCUT2D eigenvalue weighted by atomic mass is 32.7. The Morgan fingerprint density at radius 3 is 1.94 bits per heavy atom. The van der Waals surface area contributed by atoms with Crippen molar-refractivity contribution in [3.63, 3.8) is 0 Å². The van der Waals surface area contributed by atoms with Crippen molar-refractivity contribution >= 4 is 55.4 Å². The number of hydrogen-bond acceptors (Lipinski definition) is 7. The Labute approximate surface area is 208 Å². The van der Waals surface area contributed by atoms with E-state index < -0.39 is 54.7 Å². The van der Waals surface area contributed by atoms with Crippen molar-refractivity contribution in [3.05, 3.63) is 0 Å². The summed E-state index contributed by atoms with van der Waals surface area (Å²) in [6.07, 6.45) is 0.918. The zero-order valence-electron chi connectivity index (χ0n) is 19.1. The third kappa shape index (κ3) is 20.2. The Morgan fingerprint density at radius 1 is 0.882 bits per heavy atom. The summed E-state index contributed by atoms with van der Waals surface area (Å²) in [5.41, 5.74) is 0. The fraction of sp³-hybridized carbons (Fsp3) is 0.700. The molecule has 0 aliphatic carbocycles. The number of carbonyl (C=O) groups is 6. The van der Waals surface area contributed by atoms with Crippen molar-refractivity contribution in [2.75, 3.05) is 18.8 Å². The second-order valence-electron chi connectivity index (χ2n) is 6.75. The second-order valence-corrected chi connectivity index (χ2v) is 8.38. The Kier molecular flexibility index (Phi) is 23.8. The van der Waals surface area contributed by atoms with Gasteiger partial charge in [-0.2, -0.15) is 0 Å². The molecule has 34 heavy (non-hydrogen) atoms. The fourth-order valence-corrected chi connectivity index (χ4v) is 2.96. The van der Waals surface area contributed by atoms with Crippen molar-refractivity contribution in [1.29, 1.82) is 0 Å². The minimum Gasteiger partial charge on any atom is -0.481 e. The number of carbonyl (C=O) groups excluding carboxylic acids is 4. The molecule has 0 aromatic carbocycles. The van der Waals surface area contributed by atoms with E-state index >= 15 is 0 Å². The average molecular weight is 531 g/mol. The minimum atomic E-state index is -1.53. The van der Waals surface area contributed by atoms with Crippen LogP contribution >= 0.6 is 19.8 Å². The normalized spacial score (nSPS) is 11.3. The molecule has 0 aromatic heterocycles. The lowest BCUT2D eigenvalue weighted by Gasteiger charge is -2.22. The van der Waals surface area contributed by atoms with Crippen molar-refractivity contribution in [2.45, 2.75) is 72.4 Å². The van der Waals surface area contributed by atoms with Gasteiger partial charge in [0.15, 0.2) is 0 Å². The van der Waals surface area contributed by atoms with Crippen molar-refractivity contribution < 1.29 is 40.4 Å². The lowest BCUT2D eigenvalue weighted by atomic mass is 10.1. The van der Waals surface area contributed by atoms with E-state index in [1.807, 2.05) is 5.32 Å². The maximum absolute atomic E-state index is 12.6. The molecule has 200 valence electrons. The molecule has 0 saturated heterocycles. The van der Waals surface area contributed by atoms with Gasteiger partial charge in [-0.05, 0) is 19.8 Å². The summed E-state index contributed by atoms with van der Waals surface area (Å²) in [4.78, 5) is 69.7. The summed E-state index contributed by atoms with van der Waals surface area (Å²) in [6, 6.07) is -2.64. The number of hydrogen-bond donors (Lipinski definition) is 6. The van der Waals surface area contributed by atoms with Gasteiger partial charge in [-0.25, -0.2) is 0 Å². The third-order valence-electron chi connectivity index (χ3n) is 3.56. The highest BCUT2D eigenvalue weighted by Crippen LogP contribution is 2.10. The summed E-state index contributed by atoms with van der Waals surface area (Å²) in [6.45, 7) is 5.71. The molecule has 0 aliphatic rings. The molecule has 12 nitrogen and oxygen atoms in total. The van der Waals surface area contributed by atoms with E-state index in [0.717, 1.165) is 11.4 Å². The predicted molar refractivity (Wildman–Crippen MR) is 136 cm³/mol. The van der Waals surface area contributed by atoms with E-state index in [2.05, 4.69) is 38.2 Å². The summed E-state index contributed by atoms with van der Waals surface area (Å²) in [5.74, 6) is -5.16. The number of amides is 4. The van der Waals surface area contributed by atoms with Gasteiger partial charge in [-0.1, -0.05) is 36.1 Å². The van der Waals surface area contributed by atoms with Gasteiger partial charge >= 0.3 is 11.9 Å². The molecule has 0 spiro atoms. The average Bonchev–Trinajstić information content (AvgIpc) is 2.71. The molecule has 0 heterocycles. The summed E-state index contributed by atoms with van der Waals surface area (Å²) in [5, 5.41) is 26.9. The van der Waals surface area contributed by atoms with Crippen LogP contribution in [0.4, 0.5) is 0 Å². The van der Waals surface area contributed by atoms with E-state index in [1.165, 1.54) is 6.42 Å². The van der Waals surface area contributed by atoms with Crippen LogP contribution in [-0.2, 0) is 28.8 Å². The van der Waals surface area contributed by atoms with Crippen molar-refractivity contribution in [3.8, 4) is 0 Å². The van der Waals surface area contributed by atoms with Crippen LogP contribution in [0.3, 0.4) is 0 Å². The van der Waals surface area contributed by atoms with E-state index in [0.29, 0.717) is 6.54 Å². The van der Waals surface area contributed by atoms with Crippen molar-refractivity contribution in [2.24, 2.45) is 0 Å². The van der Waals surface area contributed by atoms with Gasteiger partial charge in [0.25, 0.3) is 0 Å². The molecule has 6 N–H and O–H groups in total. The van der Waals surface area contributed by atoms with Gasteiger partial charge in [-0.15, -0.1) is 11.4 Å². The van der Waals surface area contributed by atoms with Gasteiger partial charge in [0.2, 0.25) is 23.6 Å². The van der Waals surface area contributed by atoms with Crippen LogP contribution < -0.4 is 21.3 Å². The first-order valence-electron chi connectivity index (χ1n) is 10.4. The number of carboxylic acid groups (broad SMARTS) is 2. The SMILES string of the molecule is C.CCC.CCNC(=O)CCCC(NC(=O)CSP)C(=O)NC(CC(=O)O)C(=O)NCC(=O)O.[3HH]. The lowest BCUT2D eigenvalue weighted by Crippen LogP contribution is -2.55. The topological polar surface area (TPSA) is 191 Å². The summed E-state index contributed by atoms with van der Waals surface area (Å²) in [7, 11) is 2.28. The Morgan fingerprint density at radius 2 is 1.47 bits per heavy atom. The Balaban J connectivity index is -0.000000909. The largest absolute Gasteiger partial charge is 0.481 e. The van der Waals surface area contributed by atoms with Crippen LogP contribution in [0.1, 0.15) is 61.7 Å². The van der Waals surface area contributed by atoms with Crippen LogP contribution in [0, 0.1) is 0 Å². The van der Waals surface area contributed by atoms with Crippen molar-refractivity contribution in [1.82, 2.24) is 21.3 Å². The van der Waals surface area contributed by atoms with Gasteiger partial charge in [0.05, 0.1) is 12.2 Å². The number of carboxylic acids is 2. The first-order valence-corrected chi connectivity index (χ1v) is 12.9. The second kappa shape index (κ2) is 22.4. The maximum Gasteiger partial charge on any atom is 0.322 e. The van der Waals surface area contributed by atoms with Crippen LogP contribution in [0.5, 0.6) is 0 Å². The van der Waals surface area contributed by atoms with E-state index in [1.54, 1.807) is 6.92 Å². The third-order valence-corrected chi connectivity index (χ3v) is 4.49. The van der Waals surface area contributed by atoms with Gasteiger partial charge in [-0.3, -0.25) is 28.8 Å². The predicted octanol–water partition coefficient (Wildman–Crippen LogP) is 0.760. The summed E-state index contributed by atoms with van der Waals surface area (Å²) < 4.78 is 0. The zero-order chi connectivity index (χ0) is 25.8. The maximum atomic E-state index is 12.6. The molecule has 0 fully saturated rings. The van der Waals surface area contributed by atoms with E-state index in [9.17, 15) is 28.8 Å². The van der Waals surface area contributed by atoms with Crippen LogP contribution in [0.25, 0.3) is 0 Å². The molecule has 0 rings (SSSR count). The van der Waals surface area contributed by atoms with Crippen LogP contribution in [-0.4, -0.2) is 76.7 Å². The highest BCUT2D eigenvalue weighted by molar-refractivity contribution is 8.44. The molecule has 3 unspecified atom stereocenters. The number of rotatable bonds is 15. The molecule has 14 heteroatoms. The van der Waals surface area contributed by atoms with E-state index in [4.69, 9.17) is 10.2 Å². The minimum absolute atomic E-state index is 0. The molecule has 0 saturated carbocycles. The highest BCUT2D eigenvalue weighted by Gasteiger charge is 2.28. The standard InChI is InChI=1S/C16H27N4O8PS.C3H8.CH4.H2/c1-2-17-11(21)5-3-4-9(19-12(22)8-30-29)16(28)20-10(6-13(23)24)15(27)18-7-14(25)26;1-3-2;;/h9-10H,2-8,29H2,1H3,(H,17,21)(H,18,27)(H,19,22)(H,20,28)(H,23,24)(H,25,26);3H2,1-2H3;1H4;1H/i;;;1+2. The smallest absolute Gasteiger partial charge is 0.322 e. The van der Waals surface area contributed by atoms with Gasteiger partial charge in [0, 0.05) is 14.4 Å². The number of aliphatic carboxylic acids is 2. The van der Waals surface area contributed by atoms with E-state index in [-0.39, 0.29) is 39.8 Å². The fourth-order valence-electron chi connectivity index (χ4n) is 2.27. The number of nitrogens with one attached hydrogen (secondary N) is 4. The molecule has 0 aromatic rings. The summed E-state index contributed by atoms with van der Waals surface area (Å²) >= 11 is 1.15. The molecule has 3 atom stereocenters. The first kappa shape index (κ1) is 36.2. The quantitative estimate of drug-likeness (QED) is 0.166.